The number of nitrogens with two attached hydrogens (primary N) is 1. The van der Waals surface area contributed by atoms with E-state index in [2.05, 4.69) is 32.7 Å². The molecule has 0 saturated heterocycles. The maximum atomic E-state index is 6.11. The Morgan fingerprint density at radius 1 is 1.54 bits per heavy atom. The SMILES string of the molecule is CCC(C)(N)CN(C)CC1CC1C. The molecule has 0 aromatic carbocycles. The van der Waals surface area contributed by atoms with E-state index in [0.29, 0.717) is 0 Å². The zero-order valence-electron chi connectivity index (χ0n) is 9.51. The zero-order valence-corrected chi connectivity index (χ0v) is 9.51. The van der Waals surface area contributed by atoms with Crippen LogP contribution in [-0.4, -0.2) is 30.6 Å². The van der Waals surface area contributed by atoms with E-state index in [-0.39, 0.29) is 5.54 Å². The first-order chi connectivity index (χ1) is 5.94. The smallest absolute Gasteiger partial charge is 0.0252 e. The summed E-state index contributed by atoms with van der Waals surface area (Å²) in [4.78, 5) is 2.39. The van der Waals surface area contributed by atoms with Crippen molar-refractivity contribution in [3.63, 3.8) is 0 Å². The Morgan fingerprint density at radius 2 is 2.08 bits per heavy atom. The minimum Gasteiger partial charge on any atom is -0.324 e. The Bertz CT molecular complexity index is 165. The van der Waals surface area contributed by atoms with E-state index in [9.17, 15) is 0 Å². The lowest BCUT2D eigenvalue weighted by molar-refractivity contribution is 0.242. The lowest BCUT2D eigenvalue weighted by Crippen LogP contribution is -2.46. The van der Waals surface area contributed by atoms with E-state index in [1.165, 1.54) is 13.0 Å². The van der Waals surface area contributed by atoms with E-state index >= 15 is 0 Å². The van der Waals surface area contributed by atoms with Gasteiger partial charge in [0.2, 0.25) is 0 Å². The minimum absolute atomic E-state index is 0.00707. The summed E-state index contributed by atoms with van der Waals surface area (Å²) in [5.74, 6) is 1.89. The van der Waals surface area contributed by atoms with Gasteiger partial charge in [-0.2, -0.15) is 0 Å². The van der Waals surface area contributed by atoms with Crippen molar-refractivity contribution in [3.05, 3.63) is 0 Å². The fraction of sp³-hybridized carbons (Fsp3) is 1.00. The van der Waals surface area contributed by atoms with Crippen LogP contribution in [0.4, 0.5) is 0 Å². The summed E-state index contributed by atoms with van der Waals surface area (Å²) in [6.45, 7) is 8.88. The van der Waals surface area contributed by atoms with Gasteiger partial charge in [0.05, 0.1) is 0 Å². The van der Waals surface area contributed by atoms with Crippen molar-refractivity contribution in [2.45, 2.75) is 39.2 Å². The first-order valence-corrected chi connectivity index (χ1v) is 5.42. The van der Waals surface area contributed by atoms with E-state index < -0.39 is 0 Å². The molecule has 0 spiro atoms. The van der Waals surface area contributed by atoms with Crippen LogP contribution in [0.25, 0.3) is 0 Å². The monoisotopic (exact) mass is 184 g/mol. The lowest BCUT2D eigenvalue weighted by Gasteiger charge is -2.29. The zero-order chi connectivity index (χ0) is 10.1. The summed E-state index contributed by atoms with van der Waals surface area (Å²) >= 11 is 0. The van der Waals surface area contributed by atoms with Crippen LogP contribution in [-0.2, 0) is 0 Å². The first-order valence-electron chi connectivity index (χ1n) is 5.42. The molecule has 1 fully saturated rings. The summed E-state index contributed by atoms with van der Waals surface area (Å²) in [7, 11) is 2.19. The van der Waals surface area contributed by atoms with Crippen molar-refractivity contribution in [1.29, 1.82) is 0 Å². The van der Waals surface area contributed by atoms with Gasteiger partial charge in [-0.05, 0) is 38.6 Å². The molecule has 1 aliphatic rings. The van der Waals surface area contributed by atoms with Crippen LogP contribution in [0.2, 0.25) is 0 Å². The second-order valence-electron chi connectivity index (χ2n) is 5.18. The molecule has 2 nitrogen and oxygen atoms in total. The Morgan fingerprint density at radius 3 is 2.46 bits per heavy atom. The van der Waals surface area contributed by atoms with Crippen molar-refractivity contribution in [2.24, 2.45) is 17.6 Å². The summed E-state index contributed by atoms with van der Waals surface area (Å²) in [6.07, 6.45) is 2.47. The molecule has 1 aliphatic carbocycles. The molecule has 0 heterocycles. The summed E-state index contributed by atoms with van der Waals surface area (Å²) < 4.78 is 0. The summed E-state index contributed by atoms with van der Waals surface area (Å²) in [6, 6.07) is 0. The molecule has 78 valence electrons. The third-order valence-corrected chi connectivity index (χ3v) is 3.26. The van der Waals surface area contributed by atoms with Crippen molar-refractivity contribution in [3.8, 4) is 0 Å². The van der Waals surface area contributed by atoms with Gasteiger partial charge in [0.25, 0.3) is 0 Å². The maximum absolute atomic E-state index is 6.11. The quantitative estimate of drug-likeness (QED) is 0.704. The molecule has 3 unspecified atom stereocenters. The van der Waals surface area contributed by atoms with Crippen LogP contribution in [0.1, 0.15) is 33.6 Å². The topological polar surface area (TPSA) is 29.3 Å². The van der Waals surface area contributed by atoms with Crippen molar-refractivity contribution in [2.75, 3.05) is 20.1 Å². The minimum atomic E-state index is -0.00707. The van der Waals surface area contributed by atoms with Gasteiger partial charge in [-0.25, -0.2) is 0 Å². The molecule has 3 atom stereocenters. The number of hydrogen-bond acceptors (Lipinski definition) is 2. The third-order valence-electron chi connectivity index (χ3n) is 3.26. The third kappa shape index (κ3) is 3.65. The average Bonchev–Trinajstić information content (AvgIpc) is 2.65. The Hall–Kier alpha value is -0.0800. The van der Waals surface area contributed by atoms with Crippen LogP contribution >= 0.6 is 0 Å². The molecule has 1 rings (SSSR count). The Balaban J connectivity index is 2.20. The van der Waals surface area contributed by atoms with Gasteiger partial charge >= 0.3 is 0 Å². The largest absolute Gasteiger partial charge is 0.324 e. The van der Waals surface area contributed by atoms with E-state index in [4.69, 9.17) is 5.73 Å². The number of likely N-dealkylation sites (N-methyl/N-ethyl adjacent to an activating group) is 1. The van der Waals surface area contributed by atoms with Gasteiger partial charge < -0.3 is 10.6 Å². The first kappa shape index (κ1) is 11.0. The lowest BCUT2D eigenvalue weighted by atomic mass is 10.00. The standard InChI is InChI=1S/C11H24N2/c1-5-11(3,12)8-13(4)7-10-6-9(10)2/h9-10H,5-8,12H2,1-4H3. The van der Waals surface area contributed by atoms with Crippen LogP contribution in [0, 0.1) is 11.8 Å². The van der Waals surface area contributed by atoms with Gasteiger partial charge in [-0.15, -0.1) is 0 Å². The van der Waals surface area contributed by atoms with Crippen LogP contribution in [0.5, 0.6) is 0 Å². The van der Waals surface area contributed by atoms with Gasteiger partial charge in [0.1, 0.15) is 0 Å². The van der Waals surface area contributed by atoms with Crippen molar-refractivity contribution in [1.82, 2.24) is 4.90 Å². The second kappa shape index (κ2) is 3.97. The second-order valence-corrected chi connectivity index (χ2v) is 5.18. The van der Waals surface area contributed by atoms with Crippen LogP contribution in [0.3, 0.4) is 0 Å². The highest BCUT2D eigenvalue weighted by molar-refractivity contribution is 4.87. The highest BCUT2D eigenvalue weighted by Gasteiger charge is 2.33. The molecule has 0 aromatic heterocycles. The van der Waals surface area contributed by atoms with Crippen molar-refractivity contribution < 1.29 is 0 Å². The number of rotatable bonds is 5. The van der Waals surface area contributed by atoms with Gasteiger partial charge in [0, 0.05) is 18.6 Å². The molecule has 2 N–H and O–H groups in total. The molecular formula is C11H24N2. The maximum Gasteiger partial charge on any atom is 0.0252 e. The van der Waals surface area contributed by atoms with Gasteiger partial charge in [-0.3, -0.25) is 0 Å². The Kier molecular flexibility index (Phi) is 3.36. The Labute approximate surface area is 82.5 Å². The molecule has 0 aromatic rings. The summed E-state index contributed by atoms with van der Waals surface area (Å²) in [5.41, 5.74) is 6.10. The fourth-order valence-corrected chi connectivity index (χ4v) is 1.85. The summed E-state index contributed by atoms with van der Waals surface area (Å²) in [5, 5.41) is 0. The van der Waals surface area contributed by atoms with E-state index in [1.807, 2.05) is 0 Å². The highest BCUT2D eigenvalue weighted by Crippen LogP contribution is 2.38. The van der Waals surface area contributed by atoms with Crippen molar-refractivity contribution >= 4 is 0 Å². The van der Waals surface area contributed by atoms with Gasteiger partial charge in [-0.1, -0.05) is 13.8 Å². The fourth-order valence-electron chi connectivity index (χ4n) is 1.85. The van der Waals surface area contributed by atoms with E-state index in [0.717, 1.165) is 24.8 Å². The molecule has 0 bridgehead atoms. The van der Waals surface area contributed by atoms with Crippen LogP contribution < -0.4 is 5.73 Å². The molecule has 2 heteroatoms. The number of nitrogens with zero attached hydrogens (tertiary/aromatic N) is 1. The number of hydrogen-bond donors (Lipinski definition) is 1. The normalized spacial score (nSPS) is 31.8. The molecule has 13 heavy (non-hydrogen) atoms. The molecule has 0 amide bonds. The average molecular weight is 184 g/mol. The van der Waals surface area contributed by atoms with E-state index in [1.54, 1.807) is 0 Å². The highest BCUT2D eigenvalue weighted by atomic mass is 15.1. The van der Waals surface area contributed by atoms with Gasteiger partial charge in [0.15, 0.2) is 0 Å². The molecule has 0 aliphatic heterocycles. The van der Waals surface area contributed by atoms with Crippen LogP contribution in [0.15, 0.2) is 0 Å². The predicted octanol–water partition coefficient (Wildman–Crippen LogP) is 1.70. The molecule has 0 radical (unpaired) electrons. The molecular weight excluding hydrogens is 160 g/mol. The predicted molar refractivity (Wildman–Crippen MR) is 57.7 cm³/mol. The molecule has 1 saturated carbocycles.